The van der Waals surface area contributed by atoms with E-state index in [2.05, 4.69) is 0 Å². The molecule has 0 aromatic heterocycles. The highest BCUT2D eigenvalue weighted by molar-refractivity contribution is 7.90. The standard InChI is InChI=1S/C21H21F3N2O4S/c1-14-7-8-15(31(2,29)30)13-17(14)20(28)26-11-9-25(10-12-26)19(27)16-5-3-4-6-18(16)21(22,23)24/h3-8,13H,9-12H2,1-2H3. The van der Waals surface area contributed by atoms with E-state index in [9.17, 15) is 31.2 Å². The van der Waals surface area contributed by atoms with E-state index >= 15 is 0 Å². The van der Waals surface area contributed by atoms with Crippen LogP contribution in [0.5, 0.6) is 0 Å². The fraction of sp³-hybridized carbons (Fsp3) is 0.333. The number of sulfone groups is 1. The number of benzene rings is 2. The van der Waals surface area contributed by atoms with Crippen LogP contribution >= 0.6 is 0 Å². The molecule has 6 nitrogen and oxygen atoms in total. The smallest absolute Gasteiger partial charge is 0.335 e. The lowest BCUT2D eigenvalue weighted by atomic mass is 10.0. The van der Waals surface area contributed by atoms with E-state index in [0.717, 1.165) is 18.4 Å². The summed E-state index contributed by atoms with van der Waals surface area (Å²) in [5, 5.41) is 0. The number of nitrogens with zero attached hydrogens (tertiary/aromatic N) is 2. The number of carbonyl (C=O) groups excluding carboxylic acids is 2. The third kappa shape index (κ3) is 4.90. The van der Waals surface area contributed by atoms with Crippen molar-refractivity contribution in [3.63, 3.8) is 0 Å². The minimum absolute atomic E-state index is 0.0269. The van der Waals surface area contributed by atoms with Crippen LogP contribution in [0, 0.1) is 6.92 Å². The predicted molar refractivity (Wildman–Crippen MR) is 108 cm³/mol. The Kier molecular flexibility index (Phi) is 6.13. The van der Waals surface area contributed by atoms with Gasteiger partial charge in [-0.15, -0.1) is 0 Å². The first-order valence-corrected chi connectivity index (χ1v) is 11.3. The van der Waals surface area contributed by atoms with Gasteiger partial charge in [-0.2, -0.15) is 13.2 Å². The van der Waals surface area contributed by atoms with Gasteiger partial charge in [-0.05, 0) is 36.8 Å². The Bertz CT molecular complexity index is 1120. The Morgan fingerprint density at radius 2 is 1.39 bits per heavy atom. The van der Waals surface area contributed by atoms with Crippen molar-refractivity contribution in [1.82, 2.24) is 9.80 Å². The Balaban J connectivity index is 1.75. The lowest BCUT2D eigenvalue weighted by Crippen LogP contribution is -2.51. The average Bonchev–Trinajstić information content (AvgIpc) is 2.72. The molecule has 1 heterocycles. The number of hydrogen-bond donors (Lipinski definition) is 0. The number of carbonyl (C=O) groups is 2. The van der Waals surface area contributed by atoms with Crippen molar-refractivity contribution in [3.8, 4) is 0 Å². The molecule has 2 aromatic rings. The minimum atomic E-state index is -4.65. The van der Waals surface area contributed by atoms with Crippen LogP contribution < -0.4 is 0 Å². The molecule has 0 spiro atoms. The van der Waals surface area contributed by atoms with E-state index in [0.29, 0.717) is 5.56 Å². The molecule has 0 unspecified atom stereocenters. The van der Waals surface area contributed by atoms with Crippen molar-refractivity contribution in [2.45, 2.75) is 18.0 Å². The molecular weight excluding hydrogens is 433 g/mol. The van der Waals surface area contributed by atoms with Gasteiger partial charge in [0.2, 0.25) is 0 Å². The molecule has 1 fully saturated rings. The molecule has 0 aliphatic carbocycles. The largest absolute Gasteiger partial charge is 0.417 e. The molecule has 1 aliphatic rings. The van der Waals surface area contributed by atoms with Gasteiger partial charge in [0.1, 0.15) is 0 Å². The summed E-state index contributed by atoms with van der Waals surface area (Å²) in [6, 6.07) is 8.91. The summed E-state index contributed by atoms with van der Waals surface area (Å²) in [7, 11) is -3.49. The van der Waals surface area contributed by atoms with Crippen molar-refractivity contribution in [3.05, 3.63) is 64.7 Å². The number of aryl methyl sites for hydroxylation is 1. The van der Waals surface area contributed by atoms with Crippen LogP contribution in [0.3, 0.4) is 0 Å². The number of rotatable bonds is 3. The zero-order chi connectivity index (χ0) is 23.0. The third-order valence-electron chi connectivity index (χ3n) is 5.18. The summed E-state index contributed by atoms with van der Waals surface area (Å²) in [6.07, 6.45) is -3.60. The number of piperazine rings is 1. The second-order valence-corrected chi connectivity index (χ2v) is 9.39. The van der Waals surface area contributed by atoms with E-state index < -0.39 is 33.0 Å². The lowest BCUT2D eigenvalue weighted by Gasteiger charge is -2.35. The van der Waals surface area contributed by atoms with Crippen LogP contribution in [0.15, 0.2) is 47.4 Å². The molecular formula is C21H21F3N2O4S. The molecule has 0 atom stereocenters. The van der Waals surface area contributed by atoms with Crippen molar-refractivity contribution in [2.75, 3.05) is 32.4 Å². The van der Waals surface area contributed by atoms with Gasteiger partial charge in [0, 0.05) is 38.0 Å². The van der Waals surface area contributed by atoms with Gasteiger partial charge in [0.25, 0.3) is 11.8 Å². The Morgan fingerprint density at radius 3 is 1.90 bits per heavy atom. The van der Waals surface area contributed by atoms with Crippen molar-refractivity contribution < 1.29 is 31.2 Å². The van der Waals surface area contributed by atoms with Crippen LogP contribution in [-0.2, 0) is 16.0 Å². The van der Waals surface area contributed by atoms with Gasteiger partial charge in [-0.3, -0.25) is 9.59 Å². The monoisotopic (exact) mass is 454 g/mol. The van der Waals surface area contributed by atoms with Gasteiger partial charge in [0.15, 0.2) is 9.84 Å². The maximum atomic E-state index is 13.2. The molecule has 10 heteroatoms. The topological polar surface area (TPSA) is 74.8 Å². The van der Waals surface area contributed by atoms with Gasteiger partial charge in [0.05, 0.1) is 16.0 Å². The molecule has 0 saturated carbocycles. The van der Waals surface area contributed by atoms with E-state index in [-0.39, 0.29) is 42.5 Å². The zero-order valence-corrected chi connectivity index (χ0v) is 17.8. The van der Waals surface area contributed by atoms with Crippen LogP contribution in [-0.4, -0.2) is 62.5 Å². The Hall–Kier alpha value is -2.88. The fourth-order valence-electron chi connectivity index (χ4n) is 3.43. The first kappa shape index (κ1) is 22.8. The number of amides is 2. The highest BCUT2D eigenvalue weighted by Crippen LogP contribution is 2.32. The summed E-state index contributed by atoms with van der Waals surface area (Å²) >= 11 is 0. The molecule has 0 bridgehead atoms. The Morgan fingerprint density at radius 1 is 0.871 bits per heavy atom. The quantitative estimate of drug-likeness (QED) is 0.715. The van der Waals surface area contributed by atoms with Crippen LogP contribution in [0.1, 0.15) is 31.8 Å². The molecule has 1 aliphatic heterocycles. The van der Waals surface area contributed by atoms with E-state index in [1.54, 1.807) is 13.0 Å². The predicted octanol–water partition coefficient (Wildman–Crippen LogP) is 3.02. The highest BCUT2D eigenvalue weighted by Gasteiger charge is 2.36. The van der Waals surface area contributed by atoms with E-state index in [1.807, 2.05) is 0 Å². The summed E-state index contributed by atoms with van der Waals surface area (Å²) in [5.74, 6) is -1.12. The molecule has 2 aromatic carbocycles. The maximum Gasteiger partial charge on any atom is 0.417 e. The molecule has 2 amide bonds. The number of halogens is 3. The summed E-state index contributed by atoms with van der Waals surface area (Å²) < 4.78 is 63.3. The van der Waals surface area contributed by atoms with Gasteiger partial charge < -0.3 is 9.80 Å². The highest BCUT2D eigenvalue weighted by atomic mass is 32.2. The van der Waals surface area contributed by atoms with E-state index in [4.69, 9.17) is 0 Å². The minimum Gasteiger partial charge on any atom is -0.335 e. The van der Waals surface area contributed by atoms with Gasteiger partial charge >= 0.3 is 6.18 Å². The third-order valence-corrected chi connectivity index (χ3v) is 6.29. The maximum absolute atomic E-state index is 13.2. The van der Waals surface area contributed by atoms with Crippen molar-refractivity contribution in [1.29, 1.82) is 0 Å². The average molecular weight is 454 g/mol. The SMILES string of the molecule is Cc1ccc(S(C)(=O)=O)cc1C(=O)N1CCN(C(=O)c2ccccc2C(F)(F)F)CC1. The first-order valence-electron chi connectivity index (χ1n) is 9.45. The summed E-state index contributed by atoms with van der Waals surface area (Å²) in [5.41, 5.74) is -0.571. The molecule has 0 N–H and O–H groups in total. The van der Waals surface area contributed by atoms with Crippen LogP contribution in [0.25, 0.3) is 0 Å². The van der Waals surface area contributed by atoms with Gasteiger partial charge in [-0.1, -0.05) is 18.2 Å². The fourth-order valence-corrected chi connectivity index (χ4v) is 4.08. The van der Waals surface area contributed by atoms with Crippen LogP contribution in [0.4, 0.5) is 13.2 Å². The number of hydrogen-bond acceptors (Lipinski definition) is 4. The van der Waals surface area contributed by atoms with Gasteiger partial charge in [-0.25, -0.2) is 8.42 Å². The Labute approximate surface area is 178 Å². The zero-order valence-electron chi connectivity index (χ0n) is 16.9. The number of alkyl halides is 3. The summed E-state index contributed by atoms with van der Waals surface area (Å²) in [6.45, 7) is 2.08. The summed E-state index contributed by atoms with van der Waals surface area (Å²) in [4.78, 5) is 28.4. The second kappa shape index (κ2) is 8.33. The normalized spacial score (nSPS) is 15.1. The molecule has 1 saturated heterocycles. The molecule has 0 radical (unpaired) electrons. The lowest BCUT2D eigenvalue weighted by molar-refractivity contribution is -0.138. The second-order valence-electron chi connectivity index (χ2n) is 7.38. The first-order chi connectivity index (χ1) is 14.4. The molecule has 166 valence electrons. The molecule has 31 heavy (non-hydrogen) atoms. The van der Waals surface area contributed by atoms with Crippen LogP contribution in [0.2, 0.25) is 0 Å². The van der Waals surface area contributed by atoms with E-state index in [1.165, 1.54) is 34.1 Å². The van der Waals surface area contributed by atoms with Crippen molar-refractivity contribution >= 4 is 21.7 Å². The van der Waals surface area contributed by atoms with Crippen molar-refractivity contribution in [2.24, 2.45) is 0 Å². The molecule has 3 rings (SSSR count).